The molecule has 0 aliphatic carbocycles. The predicted octanol–water partition coefficient (Wildman–Crippen LogP) is 5.72. The molecular formula is C33H40N4O5. The summed E-state index contributed by atoms with van der Waals surface area (Å²) in [5.41, 5.74) is 3.82. The van der Waals surface area contributed by atoms with Gasteiger partial charge in [-0.15, -0.1) is 0 Å². The lowest BCUT2D eigenvalue weighted by Gasteiger charge is -2.35. The highest BCUT2D eigenvalue weighted by Gasteiger charge is 2.25. The Balaban J connectivity index is 1.29. The highest BCUT2D eigenvalue weighted by Crippen LogP contribution is 2.31. The van der Waals surface area contributed by atoms with Crippen molar-refractivity contribution in [2.24, 2.45) is 5.92 Å². The maximum absolute atomic E-state index is 13.5. The van der Waals surface area contributed by atoms with Crippen LogP contribution in [0.2, 0.25) is 0 Å². The molecular weight excluding hydrogens is 532 g/mol. The van der Waals surface area contributed by atoms with Crippen LogP contribution in [0.25, 0.3) is 0 Å². The molecule has 2 aliphatic heterocycles. The number of benzene rings is 3. The molecule has 0 saturated carbocycles. The molecule has 0 aromatic heterocycles. The molecule has 3 aromatic rings. The van der Waals surface area contributed by atoms with Crippen LogP contribution in [-0.2, 0) is 11.2 Å². The molecule has 3 N–H and O–H groups in total. The molecule has 9 nitrogen and oxygen atoms in total. The number of ether oxygens (including phenoxy) is 3. The highest BCUT2D eigenvalue weighted by molar-refractivity contribution is 6.04. The molecule has 5 rings (SSSR count). The maximum atomic E-state index is 13.5. The van der Waals surface area contributed by atoms with Crippen LogP contribution in [0.15, 0.2) is 66.7 Å². The number of methoxy groups -OCH3 is 2. The summed E-state index contributed by atoms with van der Waals surface area (Å²) in [6, 6.07) is 20.8. The van der Waals surface area contributed by atoms with Gasteiger partial charge in [-0.05, 0) is 61.8 Å². The molecule has 42 heavy (non-hydrogen) atoms. The third kappa shape index (κ3) is 7.73. The summed E-state index contributed by atoms with van der Waals surface area (Å²) in [6.07, 6.45) is 5.17. The number of nitrogens with zero attached hydrogens (tertiary/aromatic N) is 1. The fraction of sp³-hybridized carbons (Fsp3) is 0.394. The van der Waals surface area contributed by atoms with Crippen molar-refractivity contribution >= 4 is 29.0 Å². The van der Waals surface area contributed by atoms with E-state index in [2.05, 4.69) is 51.2 Å². The van der Waals surface area contributed by atoms with Gasteiger partial charge in [-0.3, -0.25) is 4.79 Å². The van der Waals surface area contributed by atoms with E-state index in [4.69, 9.17) is 14.2 Å². The van der Waals surface area contributed by atoms with Crippen LogP contribution in [-0.4, -0.2) is 58.5 Å². The zero-order chi connectivity index (χ0) is 29.3. The average Bonchev–Trinajstić information content (AvgIpc) is 3.54. The zero-order valence-electron chi connectivity index (χ0n) is 24.4. The van der Waals surface area contributed by atoms with E-state index in [0.717, 1.165) is 57.5 Å². The maximum Gasteiger partial charge on any atom is 0.323 e. The quantitative estimate of drug-likeness (QED) is 0.288. The molecule has 1 unspecified atom stereocenters. The van der Waals surface area contributed by atoms with Crippen molar-refractivity contribution in [2.75, 3.05) is 56.0 Å². The van der Waals surface area contributed by atoms with E-state index in [0.29, 0.717) is 40.9 Å². The van der Waals surface area contributed by atoms with Crippen molar-refractivity contribution in [3.8, 4) is 11.5 Å². The number of carbonyl (C=O) groups is 2. The number of amides is 3. The van der Waals surface area contributed by atoms with Crippen molar-refractivity contribution < 1.29 is 23.8 Å². The minimum atomic E-state index is -0.439. The van der Waals surface area contributed by atoms with E-state index < -0.39 is 6.03 Å². The van der Waals surface area contributed by atoms with Gasteiger partial charge in [0, 0.05) is 61.5 Å². The molecule has 0 spiro atoms. The molecule has 2 fully saturated rings. The van der Waals surface area contributed by atoms with E-state index in [-0.39, 0.29) is 12.0 Å². The SMILES string of the molecule is COc1cc(NC(=O)Nc2ccc(N3CCC(Cc4ccccc4)CC3)c(C(=O)NCC3CCCO3)c2)cc(OC)c1. The topological polar surface area (TPSA) is 101 Å². The Bertz CT molecular complexity index is 1330. The number of nitrogens with one attached hydrogen (secondary N) is 3. The average molecular weight is 573 g/mol. The first-order valence-corrected chi connectivity index (χ1v) is 14.6. The largest absolute Gasteiger partial charge is 0.497 e. The van der Waals surface area contributed by atoms with Crippen LogP contribution < -0.4 is 30.3 Å². The van der Waals surface area contributed by atoms with E-state index in [1.807, 2.05) is 12.1 Å². The molecule has 0 bridgehead atoms. The second kappa shape index (κ2) is 14.1. The molecule has 9 heteroatoms. The van der Waals surface area contributed by atoms with Gasteiger partial charge >= 0.3 is 6.03 Å². The summed E-state index contributed by atoms with van der Waals surface area (Å²) in [6.45, 7) is 2.94. The molecule has 222 valence electrons. The molecule has 2 heterocycles. The molecule has 0 radical (unpaired) electrons. The molecule has 3 amide bonds. The summed E-state index contributed by atoms with van der Waals surface area (Å²) in [5, 5.41) is 8.74. The summed E-state index contributed by atoms with van der Waals surface area (Å²) in [4.78, 5) is 28.7. The lowest BCUT2D eigenvalue weighted by Crippen LogP contribution is -2.37. The van der Waals surface area contributed by atoms with Crippen LogP contribution >= 0.6 is 0 Å². The zero-order valence-corrected chi connectivity index (χ0v) is 24.4. The monoisotopic (exact) mass is 572 g/mol. The Kier molecular flexibility index (Phi) is 9.82. The molecule has 1 atom stereocenters. The number of urea groups is 1. The summed E-state index contributed by atoms with van der Waals surface area (Å²) >= 11 is 0. The fourth-order valence-electron chi connectivity index (χ4n) is 5.68. The molecule has 2 aliphatic rings. The number of piperidine rings is 1. The van der Waals surface area contributed by atoms with Gasteiger partial charge in [-0.1, -0.05) is 30.3 Å². The van der Waals surface area contributed by atoms with E-state index in [9.17, 15) is 9.59 Å². The van der Waals surface area contributed by atoms with Crippen LogP contribution in [0.1, 0.15) is 41.6 Å². The van der Waals surface area contributed by atoms with Crippen molar-refractivity contribution in [1.29, 1.82) is 0 Å². The van der Waals surface area contributed by atoms with Gasteiger partial charge in [0.15, 0.2) is 0 Å². The standard InChI is InChI=1S/C33H40N4O5/c1-40-28-18-26(19-29(21-28)41-2)36-33(39)35-25-10-11-31(30(20-25)32(38)34-22-27-9-6-16-42-27)37-14-12-24(13-15-37)17-23-7-4-3-5-8-23/h3-5,7-8,10-11,18-21,24,27H,6,9,12-17,22H2,1-2H3,(H,34,38)(H2,35,36,39). The number of hydrogen-bond donors (Lipinski definition) is 3. The first-order chi connectivity index (χ1) is 20.5. The fourth-order valence-corrected chi connectivity index (χ4v) is 5.68. The van der Waals surface area contributed by atoms with Crippen molar-refractivity contribution in [3.63, 3.8) is 0 Å². The summed E-state index contributed by atoms with van der Waals surface area (Å²) in [7, 11) is 3.11. The van der Waals surface area contributed by atoms with Gasteiger partial charge in [-0.25, -0.2) is 4.79 Å². The summed E-state index contributed by atoms with van der Waals surface area (Å²) in [5.74, 6) is 1.56. The summed E-state index contributed by atoms with van der Waals surface area (Å²) < 4.78 is 16.3. The Labute approximate surface area is 247 Å². The molecule has 2 saturated heterocycles. The lowest BCUT2D eigenvalue weighted by molar-refractivity contribution is 0.0858. The first-order valence-electron chi connectivity index (χ1n) is 14.6. The van der Waals surface area contributed by atoms with Crippen LogP contribution in [0.5, 0.6) is 11.5 Å². The Morgan fingerprint density at radius 2 is 1.60 bits per heavy atom. The Morgan fingerprint density at radius 3 is 2.26 bits per heavy atom. The van der Waals surface area contributed by atoms with Crippen LogP contribution in [0.4, 0.5) is 21.9 Å². The van der Waals surface area contributed by atoms with Gasteiger partial charge in [-0.2, -0.15) is 0 Å². The first kappa shape index (κ1) is 29.3. The predicted molar refractivity (Wildman–Crippen MR) is 165 cm³/mol. The normalized spacial score (nSPS) is 17.0. The smallest absolute Gasteiger partial charge is 0.323 e. The van der Waals surface area contributed by atoms with Crippen LogP contribution in [0, 0.1) is 5.92 Å². The van der Waals surface area contributed by atoms with Gasteiger partial charge in [0.2, 0.25) is 0 Å². The van der Waals surface area contributed by atoms with Crippen molar-refractivity contribution in [1.82, 2.24) is 5.32 Å². The number of hydrogen-bond acceptors (Lipinski definition) is 6. The van der Waals surface area contributed by atoms with Gasteiger partial charge in [0.25, 0.3) is 5.91 Å². The highest BCUT2D eigenvalue weighted by atomic mass is 16.5. The lowest BCUT2D eigenvalue weighted by atomic mass is 9.89. The Morgan fingerprint density at radius 1 is 0.881 bits per heavy atom. The van der Waals surface area contributed by atoms with Crippen molar-refractivity contribution in [3.05, 3.63) is 77.9 Å². The van der Waals surface area contributed by atoms with E-state index in [1.165, 1.54) is 5.56 Å². The Hall–Kier alpha value is -4.24. The number of anilines is 3. The second-order valence-corrected chi connectivity index (χ2v) is 10.9. The van der Waals surface area contributed by atoms with E-state index >= 15 is 0 Å². The van der Waals surface area contributed by atoms with Crippen LogP contribution in [0.3, 0.4) is 0 Å². The van der Waals surface area contributed by atoms with Gasteiger partial charge in [0.1, 0.15) is 11.5 Å². The van der Waals surface area contributed by atoms with Gasteiger partial charge < -0.3 is 35.1 Å². The van der Waals surface area contributed by atoms with Gasteiger partial charge in [0.05, 0.1) is 25.9 Å². The number of rotatable bonds is 10. The third-order valence-electron chi connectivity index (χ3n) is 7.95. The second-order valence-electron chi connectivity index (χ2n) is 10.9. The van der Waals surface area contributed by atoms with E-state index in [1.54, 1.807) is 38.5 Å². The number of carbonyl (C=O) groups excluding carboxylic acids is 2. The minimum absolute atomic E-state index is 0.0399. The van der Waals surface area contributed by atoms with Crippen molar-refractivity contribution in [2.45, 2.75) is 38.2 Å². The minimum Gasteiger partial charge on any atom is -0.497 e. The third-order valence-corrected chi connectivity index (χ3v) is 7.95. The molecule has 3 aromatic carbocycles.